The lowest BCUT2D eigenvalue weighted by molar-refractivity contribution is 0.302. The third kappa shape index (κ3) is 6.40. The summed E-state index contributed by atoms with van der Waals surface area (Å²) in [4.78, 5) is 0. The van der Waals surface area contributed by atoms with Gasteiger partial charge in [-0.25, -0.2) is 0 Å². The zero-order valence-corrected chi connectivity index (χ0v) is 14.8. The van der Waals surface area contributed by atoms with Gasteiger partial charge in [0.2, 0.25) is 0 Å². The Bertz CT molecular complexity index is 602. The van der Waals surface area contributed by atoms with E-state index >= 15 is 0 Å². The maximum atomic E-state index is 6.11. The predicted molar refractivity (Wildman–Crippen MR) is 97.5 cm³/mol. The Morgan fingerprint density at radius 3 is 2.43 bits per heavy atom. The van der Waals surface area contributed by atoms with Gasteiger partial charge in [-0.15, -0.1) is 0 Å². The first-order valence-corrected chi connectivity index (χ1v) is 8.45. The Balaban J connectivity index is 1.93. The van der Waals surface area contributed by atoms with Crippen LogP contribution in [0.3, 0.4) is 0 Å². The summed E-state index contributed by atoms with van der Waals surface area (Å²) in [5, 5.41) is 7.99. The third-order valence-electron chi connectivity index (χ3n) is 3.43. The second-order valence-corrected chi connectivity index (χ2v) is 6.17. The lowest BCUT2D eigenvalue weighted by atomic mass is 10.2. The Kier molecular flexibility index (Phi) is 7.69. The van der Waals surface area contributed by atoms with E-state index < -0.39 is 0 Å². The SMILES string of the molecule is CNCCCNCc1cc(Cl)ccc1OCc1ccc(Cl)cc1. The number of rotatable bonds is 9. The van der Waals surface area contributed by atoms with E-state index in [1.807, 2.05) is 49.5 Å². The molecule has 0 bridgehead atoms. The van der Waals surface area contributed by atoms with Gasteiger partial charge in [-0.2, -0.15) is 0 Å². The minimum absolute atomic E-state index is 0.506. The molecule has 2 aromatic carbocycles. The standard InChI is InChI=1S/C18H22Cl2N2O/c1-21-9-2-10-22-12-15-11-17(20)7-8-18(15)23-13-14-3-5-16(19)6-4-14/h3-8,11,21-22H,2,9-10,12-13H2,1H3. The van der Waals surface area contributed by atoms with Crippen LogP contribution >= 0.6 is 23.2 Å². The van der Waals surface area contributed by atoms with Crippen LogP contribution in [-0.2, 0) is 13.2 Å². The third-order valence-corrected chi connectivity index (χ3v) is 3.91. The van der Waals surface area contributed by atoms with Crippen molar-refractivity contribution in [2.45, 2.75) is 19.6 Å². The summed E-state index contributed by atoms with van der Waals surface area (Å²) in [5.41, 5.74) is 2.15. The Labute approximate surface area is 147 Å². The lowest BCUT2D eigenvalue weighted by Gasteiger charge is -2.13. The first-order valence-electron chi connectivity index (χ1n) is 7.70. The van der Waals surface area contributed by atoms with Crippen molar-refractivity contribution in [2.24, 2.45) is 0 Å². The van der Waals surface area contributed by atoms with E-state index in [1.165, 1.54) is 0 Å². The molecule has 0 aromatic heterocycles. The summed E-state index contributed by atoms with van der Waals surface area (Å²) in [6.07, 6.45) is 1.08. The molecule has 0 atom stereocenters. The quantitative estimate of drug-likeness (QED) is 0.661. The minimum atomic E-state index is 0.506. The van der Waals surface area contributed by atoms with E-state index in [-0.39, 0.29) is 0 Å². The van der Waals surface area contributed by atoms with Crippen molar-refractivity contribution >= 4 is 23.2 Å². The summed E-state index contributed by atoms with van der Waals surface area (Å²) in [7, 11) is 1.96. The maximum absolute atomic E-state index is 6.11. The molecule has 0 heterocycles. The number of benzene rings is 2. The van der Waals surface area contributed by atoms with E-state index in [9.17, 15) is 0 Å². The van der Waals surface area contributed by atoms with Crippen LogP contribution in [0.25, 0.3) is 0 Å². The van der Waals surface area contributed by atoms with Crippen LogP contribution in [0.15, 0.2) is 42.5 Å². The molecule has 0 aliphatic rings. The van der Waals surface area contributed by atoms with Crippen molar-refractivity contribution < 1.29 is 4.74 Å². The number of ether oxygens (including phenoxy) is 1. The van der Waals surface area contributed by atoms with Gasteiger partial charge in [0, 0.05) is 22.2 Å². The van der Waals surface area contributed by atoms with Gasteiger partial charge >= 0.3 is 0 Å². The Morgan fingerprint density at radius 1 is 0.957 bits per heavy atom. The summed E-state index contributed by atoms with van der Waals surface area (Å²) in [6, 6.07) is 13.4. The molecule has 0 radical (unpaired) electrons. The zero-order valence-electron chi connectivity index (χ0n) is 13.2. The molecule has 0 amide bonds. The van der Waals surface area contributed by atoms with Gasteiger partial charge in [0.05, 0.1) is 0 Å². The van der Waals surface area contributed by atoms with Gasteiger partial charge < -0.3 is 15.4 Å². The monoisotopic (exact) mass is 352 g/mol. The fourth-order valence-corrected chi connectivity index (χ4v) is 2.50. The van der Waals surface area contributed by atoms with Gasteiger partial charge in [-0.3, -0.25) is 0 Å². The number of hydrogen-bond acceptors (Lipinski definition) is 3. The molecule has 0 fully saturated rings. The number of halogens is 2. The van der Waals surface area contributed by atoms with Crippen LogP contribution in [0.4, 0.5) is 0 Å². The van der Waals surface area contributed by atoms with E-state index in [4.69, 9.17) is 27.9 Å². The molecule has 2 aromatic rings. The van der Waals surface area contributed by atoms with Gasteiger partial charge in [0.15, 0.2) is 0 Å². The summed E-state index contributed by atoms with van der Waals surface area (Å²) in [5.74, 6) is 0.852. The van der Waals surface area contributed by atoms with Crippen LogP contribution in [0, 0.1) is 0 Å². The molecule has 0 saturated carbocycles. The molecule has 0 aliphatic heterocycles. The topological polar surface area (TPSA) is 33.3 Å². The fourth-order valence-electron chi connectivity index (χ4n) is 2.18. The maximum Gasteiger partial charge on any atom is 0.124 e. The largest absolute Gasteiger partial charge is 0.489 e. The minimum Gasteiger partial charge on any atom is -0.489 e. The average molecular weight is 353 g/mol. The number of nitrogens with one attached hydrogen (secondary N) is 2. The average Bonchev–Trinajstić information content (AvgIpc) is 2.55. The molecule has 0 saturated heterocycles. The molecular formula is C18H22Cl2N2O. The molecule has 2 N–H and O–H groups in total. The molecule has 5 heteroatoms. The highest BCUT2D eigenvalue weighted by atomic mass is 35.5. The van der Waals surface area contributed by atoms with Crippen LogP contribution in [0.5, 0.6) is 5.75 Å². The molecule has 0 unspecified atom stereocenters. The highest BCUT2D eigenvalue weighted by Gasteiger charge is 2.05. The normalized spacial score (nSPS) is 10.7. The first kappa shape index (κ1) is 18.1. The lowest BCUT2D eigenvalue weighted by Crippen LogP contribution is -2.19. The van der Waals surface area contributed by atoms with Crippen molar-refractivity contribution in [3.05, 3.63) is 63.6 Å². The summed E-state index contributed by atoms with van der Waals surface area (Å²) in [6.45, 7) is 3.19. The second-order valence-electron chi connectivity index (χ2n) is 5.30. The van der Waals surface area contributed by atoms with Crippen LogP contribution in [0.2, 0.25) is 10.0 Å². The van der Waals surface area contributed by atoms with Crippen LogP contribution in [-0.4, -0.2) is 20.1 Å². The van der Waals surface area contributed by atoms with Crippen LogP contribution < -0.4 is 15.4 Å². The summed E-state index contributed by atoms with van der Waals surface area (Å²) >= 11 is 12.0. The molecule has 0 spiro atoms. The van der Waals surface area contributed by atoms with Crippen molar-refractivity contribution in [1.29, 1.82) is 0 Å². The van der Waals surface area contributed by atoms with Crippen molar-refractivity contribution in [3.63, 3.8) is 0 Å². The van der Waals surface area contributed by atoms with Crippen LogP contribution in [0.1, 0.15) is 17.5 Å². The van der Waals surface area contributed by atoms with Gasteiger partial charge in [-0.1, -0.05) is 35.3 Å². The molecule has 3 nitrogen and oxygen atoms in total. The Morgan fingerprint density at radius 2 is 1.70 bits per heavy atom. The smallest absolute Gasteiger partial charge is 0.124 e. The van der Waals surface area contributed by atoms with E-state index in [0.717, 1.165) is 53.0 Å². The molecule has 23 heavy (non-hydrogen) atoms. The van der Waals surface area contributed by atoms with Gasteiger partial charge in [-0.05, 0) is 62.5 Å². The highest BCUT2D eigenvalue weighted by molar-refractivity contribution is 6.30. The zero-order chi connectivity index (χ0) is 16.5. The van der Waals surface area contributed by atoms with E-state index in [0.29, 0.717) is 6.61 Å². The van der Waals surface area contributed by atoms with Crippen molar-refractivity contribution in [1.82, 2.24) is 10.6 Å². The molecular weight excluding hydrogens is 331 g/mol. The van der Waals surface area contributed by atoms with E-state index in [2.05, 4.69) is 10.6 Å². The fraction of sp³-hybridized carbons (Fsp3) is 0.333. The predicted octanol–water partition coefficient (Wildman–Crippen LogP) is 4.27. The number of hydrogen-bond donors (Lipinski definition) is 2. The molecule has 0 aliphatic carbocycles. The second kappa shape index (κ2) is 9.78. The Hall–Kier alpha value is -1.26. The summed E-state index contributed by atoms with van der Waals surface area (Å²) < 4.78 is 5.94. The first-order chi connectivity index (χ1) is 11.2. The van der Waals surface area contributed by atoms with Gasteiger partial charge in [0.1, 0.15) is 12.4 Å². The van der Waals surface area contributed by atoms with E-state index in [1.54, 1.807) is 0 Å². The van der Waals surface area contributed by atoms with Crippen molar-refractivity contribution in [3.8, 4) is 5.75 Å². The molecule has 2 rings (SSSR count). The van der Waals surface area contributed by atoms with Gasteiger partial charge in [0.25, 0.3) is 0 Å². The molecule has 124 valence electrons. The highest BCUT2D eigenvalue weighted by Crippen LogP contribution is 2.24. The van der Waals surface area contributed by atoms with Crippen molar-refractivity contribution in [2.75, 3.05) is 20.1 Å².